The highest BCUT2D eigenvalue weighted by Gasteiger charge is 2.08. The van der Waals surface area contributed by atoms with Crippen LogP contribution < -0.4 is 10.1 Å². The van der Waals surface area contributed by atoms with Crippen LogP contribution in [0.1, 0.15) is 12.5 Å². The summed E-state index contributed by atoms with van der Waals surface area (Å²) in [5, 5.41) is 2.95. The monoisotopic (exact) mass is 350 g/mol. The standard InChI is InChI=1S/C20H22N4O2/c1-2-26-17-8-6-16(7-9-17)15-19(25)22-11-13-24-14-12-23-20(24)18-5-3-4-10-21-18/h3-10,12,14H,2,11,13,15H2,1H3,(H,22,25). The predicted octanol–water partition coefficient (Wildman–Crippen LogP) is 2.70. The number of hydrogen-bond acceptors (Lipinski definition) is 4. The molecule has 134 valence electrons. The van der Waals surface area contributed by atoms with Crippen LogP contribution in [0.4, 0.5) is 0 Å². The van der Waals surface area contributed by atoms with Crippen molar-refractivity contribution >= 4 is 5.91 Å². The molecule has 0 saturated heterocycles. The molecule has 0 atom stereocenters. The fourth-order valence-corrected chi connectivity index (χ4v) is 2.65. The first-order chi connectivity index (χ1) is 12.8. The Morgan fingerprint density at radius 1 is 1.12 bits per heavy atom. The second-order valence-corrected chi connectivity index (χ2v) is 5.76. The fourth-order valence-electron chi connectivity index (χ4n) is 2.65. The van der Waals surface area contributed by atoms with E-state index in [4.69, 9.17) is 4.74 Å². The topological polar surface area (TPSA) is 69.0 Å². The Bertz CT molecular complexity index is 829. The zero-order chi connectivity index (χ0) is 18.2. The number of amides is 1. The molecular weight excluding hydrogens is 328 g/mol. The summed E-state index contributed by atoms with van der Waals surface area (Å²) in [6, 6.07) is 13.3. The van der Waals surface area contributed by atoms with E-state index in [9.17, 15) is 4.79 Å². The average molecular weight is 350 g/mol. The van der Waals surface area contributed by atoms with Crippen LogP contribution in [-0.4, -0.2) is 33.6 Å². The molecule has 1 N–H and O–H groups in total. The van der Waals surface area contributed by atoms with Crippen LogP contribution in [0.5, 0.6) is 5.75 Å². The smallest absolute Gasteiger partial charge is 0.224 e. The van der Waals surface area contributed by atoms with Crippen molar-refractivity contribution in [3.05, 3.63) is 66.6 Å². The van der Waals surface area contributed by atoms with Crippen LogP contribution >= 0.6 is 0 Å². The summed E-state index contributed by atoms with van der Waals surface area (Å²) in [5.74, 6) is 1.61. The molecule has 1 amide bonds. The SMILES string of the molecule is CCOc1ccc(CC(=O)NCCn2ccnc2-c2ccccn2)cc1. The normalized spacial score (nSPS) is 10.5. The van der Waals surface area contributed by atoms with E-state index in [0.717, 1.165) is 22.8 Å². The molecule has 0 aliphatic carbocycles. The summed E-state index contributed by atoms with van der Waals surface area (Å²) in [5.41, 5.74) is 1.78. The minimum absolute atomic E-state index is 0.00587. The van der Waals surface area contributed by atoms with Gasteiger partial charge in [0.25, 0.3) is 0 Å². The molecule has 6 heteroatoms. The van der Waals surface area contributed by atoms with Gasteiger partial charge in [0.05, 0.1) is 13.0 Å². The average Bonchev–Trinajstić information content (AvgIpc) is 3.13. The van der Waals surface area contributed by atoms with Gasteiger partial charge in [-0.25, -0.2) is 4.98 Å². The van der Waals surface area contributed by atoms with Gasteiger partial charge < -0.3 is 14.6 Å². The molecule has 0 aliphatic heterocycles. The van der Waals surface area contributed by atoms with Crippen LogP contribution in [0.2, 0.25) is 0 Å². The lowest BCUT2D eigenvalue weighted by Gasteiger charge is -2.09. The van der Waals surface area contributed by atoms with Gasteiger partial charge in [-0.05, 0) is 36.8 Å². The van der Waals surface area contributed by atoms with Gasteiger partial charge in [-0.2, -0.15) is 0 Å². The molecule has 26 heavy (non-hydrogen) atoms. The minimum atomic E-state index is -0.00587. The number of nitrogens with zero attached hydrogens (tertiary/aromatic N) is 3. The van der Waals surface area contributed by atoms with Gasteiger partial charge in [-0.3, -0.25) is 9.78 Å². The largest absolute Gasteiger partial charge is 0.494 e. The summed E-state index contributed by atoms with van der Waals surface area (Å²) < 4.78 is 7.39. The fraction of sp³-hybridized carbons (Fsp3) is 0.250. The highest BCUT2D eigenvalue weighted by atomic mass is 16.5. The Kier molecular flexibility index (Phi) is 5.98. The molecule has 0 aliphatic rings. The zero-order valence-electron chi connectivity index (χ0n) is 14.8. The number of benzene rings is 1. The third kappa shape index (κ3) is 4.69. The molecule has 0 spiro atoms. The maximum absolute atomic E-state index is 12.1. The van der Waals surface area contributed by atoms with E-state index in [1.165, 1.54) is 0 Å². The summed E-state index contributed by atoms with van der Waals surface area (Å²) in [7, 11) is 0. The van der Waals surface area contributed by atoms with Gasteiger partial charge in [0.1, 0.15) is 11.4 Å². The van der Waals surface area contributed by atoms with Gasteiger partial charge in [0.15, 0.2) is 5.82 Å². The van der Waals surface area contributed by atoms with Crippen LogP contribution in [0.25, 0.3) is 11.5 Å². The molecule has 2 aromatic heterocycles. The van der Waals surface area contributed by atoms with Crippen LogP contribution in [0.15, 0.2) is 61.1 Å². The summed E-state index contributed by atoms with van der Waals surface area (Å²) >= 11 is 0. The molecule has 1 aromatic carbocycles. The Hall–Kier alpha value is -3.15. The molecule has 0 bridgehead atoms. The maximum Gasteiger partial charge on any atom is 0.224 e. The number of carbonyl (C=O) groups excluding carboxylic acids is 1. The minimum Gasteiger partial charge on any atom is -0.494 e. The van der Waals surface area contributed by atoms with Gasteiger partial charge in [-0.1, -0.05) is 18.2 Å². The number of ether oxygens (including phenoxy) is 1. The number of hydrogen-bond donors (Lipinski definition) is 1. The van der Waals surface area contributed by atoms with E-state index in [-0.39, 0.29) is 5.91 Å². The van der Waals surface area contributed by atoms with Gasteiger partial charge in [0, 0.05) is 31.7 Å². The Labute approximate surface area is 152 Å². The quantitative estimate of drug-likeness (QED) is 0.678. The van der Waals surface area contributed by atoms with Crippen molar-refractivity contribution in [1.29, 1.82) is 0 Å². The van der Waals surface area contributed by atoms with E-state index in [1.54, 1.807) is 12.4 Å². The number of imidazole rings is 1. The first-order valence-corrected chi connectivity index (χ1v) is 8.67. The van der Waals surface area contributed by atoms with Crippen molar-refractivity contribution in [1.82, 2.24) is 19.9 Å². The van der Waals surface area contributed by atoms with E-state index < -0.39 is 0 Å². The molecule has 0 radical (unpaired) electrons. The molecular formula is C20H22N4O2. The first kappa shape index (κ1) is 17.7. The highest BCUT2D eigenvalue weighted by Crippen LogP contribution is 2.14. The van der Waals surface area contributed by atoms with E-state index in [2.05, 4.69) is 15.3 Å². The Morgan fingerprint density at radius 2 is 1.96 bits per heavy atom. The molecule has 0 saturated carbocycles. The Morgan fingerprint density at radius 3 is 2.69 bits per heavy atom. The molecule has 6 nitrogen and oxygen atoms in total. The third-order valence-corrected chi connectivity index (χ3v) is 3.88. The van der Waals surface area contributed by atoms with Gasteiger partial charge in [-0.15, -0.1) is 0 Å². The van der Waals surface area contributed by atoms with Crippen LogP contribution in [-0.2, 0) is 17.8 Å². The third-order valence-electron chi connectivity index (χ3n) is 3.88. The van der Waals surface area contributed by atoms with Crippen LogP contribution in [0, 0.1) is 0 Å². The first-order valence-electron chi connectivity index (χ1n) is 8.67. The molecule has 3 rings (SSSR count). The number of aromatic nitrogens is 3. The van der Waals surface area contributed by atoms with E-state index in [1.807, 2.05) is 60.2 Å². The summed E-state index contributed by atoms with van der Waals surface area (Å²) in [6.07, 6.45) is 5.73. The van der Waals surface area contributed by atoms with Crippen molar-refractivity contribution in [2.24, 2.45) is 0 Å². The Balaban J connectivity index is 1.49. The molecule has 2 heterocycles. The van der Waals surface area contributed by atoms with Crippen molar-refractivity contribution in [2.75, 3.05) is 13.2 Å². The van der Waals surface area contributed by atoms with Crippen molar-refractivity contribution in [2.45, 2.75) is 19.9 Å². The van der Waals surface area contributed by atoms with Crippen molar-refractivity contribution in [3.63, 3.8) is 0 Å². The van der Waals surface area contributed by atoms with E-state index >= 15 is 0 Å². The number of nitrogens with one attached hydrogen (secondary N) is 1. The van der Waals surface area contributed by atoms with E-state index in [0.29, 0.717) is 26.1 Å². The second-order valence-electron chi connectivity index (χ2n) is 5.76. The molecule has 0 unspecified atom stereocenters. The van der Waals surface area contributed by atoms with Crippen molar-refractivity contribution < 1.29 is 9.53 Å². The van der Waals surface area contributed by atoms with Crippen LogP contribution in [0.3, 0.4) is 0 Å². The molecule has 3 aromatic rings. The summed E-state index contributed by atoms with van der Waals surface area (Å²) in [6.45, 7) is 3.75. The predicted molar refractivity (Wildman–Crippen MR) is 99.8 cm³/mol. The lowest BCUT2D eigenvalue weighted by atomic mass is 10.1. The van der Waals surface area contributed by atoms with Gasteiger partial charge in [0.2, 0.25) is 5.91 Å². The van der Waals surface area contributed by atoms with Gasteiger partial charge >= 0.3 is 0 Å². The zero-order valence-corrected chi connectivity index (χ0v) is 14.8. The second kappa shape index (κ2) is 8.80. The number of carbonyl (C=O) groups is 1. The lowest BCUT2D eigenvalue weighted by molar-refractivity contribution is -0.120. The maximum atomic E-state index is 12.1. The van der Waals surface area contributed by atoms with Crippen molar-refractivity contribution in [3.8, 4) is 17.3 Å². The lowest BCUT2D eigenvalue weighted by Crippen LogP contribution is -2.28. The molecule has 0 fully saturated rings. The number of pyridine rings is 1. The number of rotatable bonds is 8. The summed E-state index contributed by atoms with van der Waals surface area (Å²) in [4.78, 5) is 20.8. The highest BCUT2D eigenvalue weighted by molar-refractivity contribution is 5.78.